The second kappa shape index (κ2) is 7.30. The Balaban J connectivity index is 1.50. The molecule has 1 saturated carbocycles. The molecule has 1 aliphatic carbocycles. The largest absolute Gasteiger partial charge is 0.388 e. The average Bonchev–Trinajstić information content (AvgIpc) is 2.87. The SMILES string of the molecule is O=C(CCc1nc2c(F)cccc2[nH]1)NCC1(O)CCCCCC1. The van der Waals surface area contributed by atoms with Gasteiger partial charge in [-0.05, 0) is 25.0 Å². The summed E-state index contributed by atoms with van der Waals surface area (Å²) in [5.41, 5.74) is 0.174. The molecule has 0 aliphatic heterocycles. The van der Waals surface area contributed by atoms with Crippen LogP contribution in [-0.4, -0.2) is 33.1 Å². The molecule has 24 heavy (non-hydrogen) atoms. The van der Waals surface area contributed by atoms with Crippen LogP contribution in [0.4, 0.5) is 4.39 Å². The molecule has 1 aliphatic rings. The fourth-order valence-electron chi connectivity index (χ4n) is 3.31. The van der Waals surface area contributed by atoms with Crippen molar-refractivity contribution in [2.45, 2.75) is 57.0 Å². The summed E-state index contributed by atoms with van der Waals surface area (Å²) in [6, 6.07) is 4.75. The molecule has 1 heterocycles. The first-order valence-corrected chi connectivity index (χ1v) is 8.68. The van der Waals surface area contributed by atoms with E-state index in [9.17, 15) is 14.3 Å². The first kappa shape index (κ1) is 16.9. The van der Waals surface area contributed by atoms with E-state index in [-0.39, 0.29) is 18.1 Å². The number of aromatic amines is 1. The maximum atomic E-state index is 13.6. The molecule has 1 aromatic carbocycles. The van der Waals surface area contributed by atoms with Gasteiger partial charge in [0.15, 0.2) is 5.82 Å². The highest BCUT2D eigenvalue weighted by Crippen LogP contribution is 2.26. The number of imidazole rings is 1. The van der Waals surface area contributed by atoms with E-state index in [0.717, 1.165) is 38.5 Å². The highest BCUT2D eigenvalue weighted by atomic mass is 19.1. The summed E-state index contributed by atoms with van der Waals surface area (Å²) in [5.74, 6) is 0.113. The van der Waals surface area contributed by atoms with Crippen molar-refractivity contribution in [3.8, 4) is 0 Å². The van der Waals surface area contributed by atoms with Crippen molar-refractivity contribution in [1.82, 2.24) is 15.3 Å². The third-order valence-corrected chi connectivity index (χ3v) is 4.75. The van der Waals surface area contributed by atoms with Gasteiger partial charge in [0.1, 0.15) is 11.3 Å². The van der Waals surface area contributed by atoms with Gasteiger partial charge in [0.2, 0.25) is 5.91 Å². The number of benzene rings is 1. The highest BCUT2D eigenvalue weighted by molar-refractivity contribution is 5.77. The summed E-state index contributed by atoms with van der Waals surface area (Å²) in [4.78, 5) is 19.3. The second-order valence-corrected chi connectivity index (χ2v) is 6.73. The number of carbonyl (C=O) groups is 1. The monoisotopic (exact) mass is 333 g/mol. The zero-order valence-corrected chi connectivity index (χ0v) is 13.8. The average molecular weight is 333 g/mol. The third kappa shape index (κ3) is 4.12. The van der Waals surface area contributed by atoms with Gasteiger partial charge in [-0.1, -0.05) is 31.7 Å². The van der Waals surface area contributed by atoms with Gasteiger partial charge in [-0.2, -0.15) is 0 Å². The van der Waals surface area contributed by atoms with Gasteiger partial charge >= 0.3 is 0 Å². The molecule has 5 nitrogen and oxygen atoms in total. The Morgan fingerprint density at radius 3 is 2.75 bits per heavy atom. The number of hydrogen-bond donors (Lipinski definition) is 3. The standard InChI is InChI=1S/C18H24FN3O2/c19-13-6-5-7-14-17(13)22-15(21-14)8-9-16(23)20-12-18(24)10-3-1-2-4-11-18/h5-7,24H,1-4,8-12H2,(H,20,23)(H,21,22). The van der Waals surface area contributed by atoms with Crippen LogP contribution < -0.4 is 5.32 Å². The molecule has 1 amide bonds. The zero-order valence-electron chi connectivity index (χ0n) is 13.8. The van der Waals surface area contributed by atoms with Crippen LogP contribution in [0.5, 0.6) is 0 Å². The van der Waals surface area contributed by atoms with Crippen molar-refractivity contribution in [1.29, 1.82) is 0 Å². The number of nitrogens with one attached hydrogen (secondary N) is 2. The molecule has 0 spiro atoms. The Labute approximate surface area is 140 Å². The second-order valence-electron chi connectivity index (χ2n) is 6.73. The van der Waals surface area contributed by atoms with Crippen LogP contribution in [-0.2, 0) is 11.2 Å². The van der Waals surface area contributed by atoms with E-state index in [1.165, 1.54) is 6.07 Å². The molecule has 130 valence electrons. The van der Waals surface area contributed by atoms with Crippen molar-refractivity contribution in [3.05, 3.63) is 29.8 Å². The zero-order chi connectivity index (χ0) is 17.0. The number of fused-ring (bicyclic) bond motifs is 1. The minimum Gasteiger partial charge on any atom is -0.388 e. The van der Waals surface area contributed by atoms with Crippen molar-refractivity contribution < 1.29 is 14.3 Å². The molecule has 6 heteroatoms. The van der Waals surface area contributed by atoms with Gasteiger partial charge in [-0.15, -0.1) is 0 Å². The van der Waals surface area contributed by atoms with E-state index in [1.54, 1.807) is 12.1 Å². The Morgan fingerprint density at radius 2 is 2.04 bits per heavy atom. The number of H-pyrrole nitrogens is 1. The van der Waals surface area contributed by atoms with Gasteiger partial charge in [0.05, 0.1) is 11.1 Å². The number of aryl methyl sites for hydroxylation is 1. The molecule has 1 fully saturated rings. The summed E-state index contributed by atoms with van der Waals surface area (Å²) < 4.78 is 13.6. The van der Waals surface area contributed by atoms with E-state index < -0.39 is 5.60 Å². The van der Waals surface area contributed by atoms with Gasteiger partial charge in [-0.25, -0.2) is 9.37 Å². The lowest BCUT2D eigenvalue weighted by atomic mass is 9.94. The van der Waals surface area contributed by atoms with Crippen molar-refractivity contribution in [2.75, 3.05) is 6.54 Å². The molecule has 0 unspecified atom stereocenters. The molecule has 0 radical (unpaired) electrons. The normalized spacial score (nSPS) is 17.6. The molecule has 0 saturated heterocycles. The van der Waals surface area contributed by atoms with Gasteiger partial charge in [0.25, 0.3) is 0 Å². The molecule has 3 rings (SSSR count). The Morgan fingerprint density at radius 1 is 1.29 bits per heavy atom. The van der Waals surface area contributed by atoms with Crippen LogP contribution in [0.15, 0.2) is 18.2 Å². The molecular formula is C18H24FN3O2. The Hall–Kier alpha value is -1.95. The lowest BCUT2D eigenvalue weighted by Crippen LogP contribution is -2.42. The van der Waals surface area contributed by atoms with Crippen molar-refractivity contribution >= 4 is 16.9 Å². The predicted octanol–water partition coefficient (Wildman–Crippen LogP) is 2.84. The number of rotatable bonds is 5. The number of para-hydroxylation sites is 1. The minimum absolute atomic E-state index is 0.117. The van der Waals surface area contributed by atoms with Crippen LogP contribution in [0, 0.1) is 5.82 Å². The van der Waals surface area contributed by atoms with Crippen LogP contribution in [0.1, 0.15) is 50.8 Å². The van der Waals surface area contributed by atoms with Crippen LogP contribution in [0.2, 0.25) is 0 Å². The third-order valence-electron chi connectivity index (χ3n) is 4.75. The fourth-order valence-corrected chi connectivity index (χ4v) is 3.31. The number of halogens is 1. The van der Waals surface area contributed by atoms with E-state index in [1.807, 2.05) is 0 Å². The summed E-state index contributed by atoms with van der Waals surface area (Å²) in [7, 11) is 0. The number of nitrogens with zero attached hydrogens (tertiary/aromatic N) is 1. The smallest absolute Gasteiger partial charge is 0.220 e. The first-order chi connectivity index (χ1) is 11.6. The quantitative estimate of drug-likeness (QED) is 0.736. The summed E-state index contributed by atoms with van der Waals surface area (Å²) in [6.07, 6.45) is 6.49. The maximum Gasteiger partial charge on any atom is 0.220 e. The van der Waals surface area contributed by atoms with E-state index in [4.69, 9.17) is 0 Å². The number of aromatic nitrogens is 2. The number of hydrogen-bond acceptors (Lipinski definition) is 3. The molecular weight excluding hydrogens is 309 g/mol. The topological polar surface area (TPSA) is 78.0 Å². The summed E-state index contributed by atoms with van der Waals surface area (Å²) in [6.45, 7) is 0.306. The highest BCUT2D eigenvalue weighted by Gasteiger charge is 2.28. The van der Waals surface area contributed by atoms with Crippen LogP contribution >= 0.6 is 0 Å². The van der Waals surface area contributed by atoms with Crippen molar-refractivity contribution in [2.24, 2.45) is 0 Å². The molecule has 0 atom stereocenters. The Kier molecular flexibility index (Phi) is 5.14. The molecule has 3 N–H and O–H groups in total. The van der Waals surface area contributed by atoms with Crippen LogP contribution in [0.3, 0.4) is 0 Å². The van der Waals surface area contributed by atoms with Gasteiger partial charge in [0, 0.05) is 19.4 Å². The maximum absolute atomic E-state index is 13.6. The molecule has 2 aromatic rings. The predicted molar refractivity (Wildman–Crippen MR) is 90.0 cm³/mol. The summed E-state index contributed by atoms with van der Waals surface area (Å²) >= 11 is 0. The lowest BCUT2D eigenvalue weighted by Gasteiger charge is -2.26. The van der Waals surface area contributed by atoms with E-state index in [0.29, 0.717) is 29.8 Å². The number of carbonyl (C=O) groups excluding carboxylic acids is 1. The number of amides is 1. The molecule has 1 aromatic heterocycles. The lowest BCUT2D eigenvalue weighted by molar-refractivity contribution is -0.122. The first-order valence-electron chi connectivity index (χ1n) is 8.68. The Bertz CT molecular complexity index is 705. The number of aliphatic hydroxyl groups is 1. The van der Waals surface area contributed by atoms with E-state index >= 15 is 0 Å². The summed E-state index contributed by atoms with van der Waals surface area (Å²) in [5, 5.41) is 13.4. The van der Waals surface area contributed by atoms with Crippen LogP contribution in [0.25, 0.3) is 11.0 Å². The fraction of sp³-hybridized carbons (Fsp3) is 0.556. The molecule has 0 bridgehead atoms. The van der Waals surface area contributed by atoms with Gasteiger partial charge < -0.3 is 15.4 Å². The minimum atomic E-state index is -0.769. The van der Waals surface area contributed by atoms with Crippen molar-refractivity contribution in [3.63, 3.8) is 0 Å². The van der Waals surface area contributed by atoms with E-state index in [2.05, 4.69) is 15.3 Å². The van der Waals surface area contributed by atoms with Gasteiger partial charge in [-0.3, -0.25) is 4.79 Å².